The quantitative estimate of drug-likeness (QED) is 0.404. The summed E-state index contributed by atoms with van der Waals surface area (Å²) in [5.41, 5.74) is 8.23. The second-order valence-corrected chi connectivity index (χ2v) is 2.36. The SMILES string of the molecule is CCCOc1cccnc1N=[N+]=[N-]. The molecule has 68 valence electrons. The van der Waals surface area contributed by atoms with Crippen molar-refractivity contribution >= 4 is 5.82 Å². The molecule has 0 aromatic carbocycles. The first kappa shape index (κ1) is 9.35. The van der Waals surface area contributed by atoms with Gasteiger partial charge in [-0.15, -0.1) is 0 Å². The minimum absolute atomic E-state index is 0.290. The second kappa shape index (κ2) is 5.00. The van der Waals surface area contributed by atoms with Crippen LogP contribution in [0.2, 0.25) is 0 Å². The van der Waals surface area contributed by atoms with Gasteiger partial charge in [-0.25, -0.2) is 0 Å². The predicted molar refractivity (Wildman–Crippen MR) is 48.8 cm³/mol. The molecule has 0 fully saturated rings. The zero-order valence-corrected chi connectivity index (χ0v) is 7.34. The van der Waals surface area contributed by atoms with Gasteiger partial charge < -0.3 is 4.74 Å². The second-order valence-electron chi connectivity index (χ2n) is 2.36. The third-order valence-electron chi connectivity index (χ3n) is 1.35. The van der Waals surface area contributed by atoms with Crippen LogP contribution in [0.5, 0.6) is 5.75 Å². The van der Waals surface area contributed by atoms with Gasteiger partial charge in [-0.1, -0.05) is 6.92 Å². The van der Waals surface area contributed by atoms with Crippen LogP contribution in [-0.4, -0.2) is 11.6 Å². The molecular weight excluding hydrogens is 168 g/mol. The number of rotatable bonds is 4. The molecule has 5 nitrogen and oxygen atoms in total. The summed E-state index contributed by atoms with van der Waals surface area (Å²) in [6.07, 6.45) is 2.47. The van der Waals surface area contributed by atoms with Crippen LogP contribution in [0.1, 0.15) is 13.3 Å². The molecule has 13 heavy (non-hydrogen) atoms. The molecule has 0 atom stereocenters. The monoisotopic (exact) mass is 178 g/mol. The van der Waals surface area contributed by atoms with E-state index in [0.717, 1.165) is 6.42 Å². The van der Waals surface area contributed by atoms with Gasteiger partial charge in [-0.2, -0.15) is 0 Å². The smallest absolute Gasteiger partial charge is 0.168 e. The van der Waals surface area contributed by atoms with Crippen LogP contribution in [0.25, 0.3) is 10.4 Å². The fourth-order valence-electron chi connectivity index (χ4n) is 0.824. The Kier molecular flexibility index (Phi) is 3.60. The van der Waals surface area contributed by atoms with Crippen molar-refractivity contribution in [2.75, 3.05) is 6.61 Å². The van der Waals surface area contributed by atoms with Crippen LogP contribution in [0, 0.1) is 0 Å². The highest BCUT2D eigenvalue weighted by molar-refractivity contribution is 5.43. The molecule has 0 amide bonds. The van der Waals surface area contributed by atoms with Crippen molar-refractivity contribution in [3.05, 3.63) is 28.8 Å². The largest absolute Gasteiger partial charge is 0.491 e. The van der Waals surface area contributed by atoms with E-state index in [9.17, 15) is 0 Å². The highest BCUT2D eigenvalue weighted by atomic mass is 16.5. The van der Waals surface area contributed by atoms with Gasteiger partial charge in [0, 0.05) is 11.1 Å². The zero-order valence-electron chi connectivity index (χ0n) is 7.34. The van der Waals surface area contributed by atoms with E-state index in [1.165, 1.54) is 0 Å². The van der Waals surface area contributed by atoms with E-state index >= 15 is 0 Å². The van der Waals surface area contributed by atoms with Gasteiger partial charge in [-0.3, -0.25) is 4.98 Å². The van der Waals surface area contributed by atoms with Crippen molar-refractivity contribution in [1.82, 2.24) is 4.98 Å². The molecule has 5 heteroatoms. The van der Waals surface area contributed by atoms with E-state index in [1.54, 1.807) is 18.3 Å². The molecule has 1 heterocycles. The van der Waals surface area contributed by atoms with E-state index in [2.05, 4.69) is 15.0 Å². The molecule has 0 bridgehead atoms. The van der Waals surface area contributed by atoms with E-state index in [4.69, 9.17) is 10.3 Å². The fraction of sp³-hybridized carbons (Fsp3) is 0.375. The van der Waals surface area contributed by atoms with Crippen molar-refractivity contribution in [2.45, 2.75) is 13.3 Å². The zero-order chi connectivity index (χ0) is 9.52. The maximum atomic E-state index is 8.23. The molecule has 0 radical (unpaired) electrons. The third kappa shape index (κ3) is 2.65. The van der Waals surface area contributed by atoms with Crippen LogP contribution in [-0.2, 0) is 0 Å². The molecule has 1 aromatic heterocycles. The van der Waals surface area contributed by atoms with Crippen molar-refractivity contribution in [3.63, 3.8) is 0 Å². The average molecular weight is 178 g/mol. The summed E-state index contributed by atoms with van der Waals surface area (Å²) in [4.78, 5) is 6.53. The molecule has 0 aliphatic heterocycles. The number of nitrogens with zero attached hydrogens (tertiary/aromatic N) is 4. The summed E-state index contributed by atoms with van der Waals surface area (Å²) in [6.45, 7) is 2.60. The minimum Gasteiger partial charge on any atom is -0.491 e. The van der Waals surface area contributed by atoms with Gasteiger partial charge in [0.1, 0.15) is 5.75 Å². The maximum absolute atomic E-state index is 8.23. The Morgan fingerprint density at radius 1 is 1.69 bits per heavy atom. The number of azide groups is 1. The topological polar surface area (TPSA) is 70.9 Å². The first-order valence-corrected chi connectivity index (χ1v) is 4.01. The van der Waals surface area contributed by atoms with Crippen LogP contribution in [0.15, 0.2) is 23.4 Å². The lowest BCUT2D eigenvalue weighted by molar-refractivity contribution is 0.317. The molecule has 1 aromatic rings. The molecule has 0 aliphatic carbocycles. The van der Waals surface area contributed by atoms with Gasteiger partial charge in [0.05, 0.1) is 6.61 Å². The lowest BCUT2D eigenvalue weighted by Crippen LogP contribution is -1.95. The number of hydrogen-bond donors (Lipinski definition) is 0. The van der Waals surface area contributed by atoms with Crippen molar-refractivity contribution in [3.8, 4) is 5.75 Å². The van der Waals surface area contributed by atoms with Gasteiger partial charge in [0.2, 0.25) is 0 Å². The Hall–Kier alpha value is -1.74. The molecule has 1 rings (SSSR count). The summed E-state index contributed by atoms with van der Waals surface area (Å²) >= 11 is 0. The van der Waals surface area contributed by atoms with E-state index in [0.29, 0.717) is 18.2 Å². The average Bonchev–Trinajstić information content (AvgIpc) is 2.17. The van der Waals surface area contributed by atoms with Crippen LogP contribution in [0.4, 0.5) is 5.82 Å². The van der Waals surface area contributed by atoms with Crippen molar-refractivity contribution in [1.29, 1.82) is 0 Å². The predicted octanol–water partition coefficient (Wildman–Crippen LogP) is 2.81. The Bertz CT molecular complexity index is 320. The summed E-state index contributed by atoms with van der Waals surface area (Å²) in [5.74, 6) is 0.820. The van der Waals surface area contributed by atoms with Crippen LogP contribution in [0.3, 0.4) is 0 Å². The Labute approximate surface area is 76.0 Å². The molecule has 0 N–H and O–H groups in total. The minimum atomic E-state index is 0.290. The van der Waals surface area contributed by atoms with Crippen LogP contribution >= 0.6 is 0 Å². The van der Waals surface area contributed by atoms with Gasteiger partial charge in [0.15, 0.2) is 5.82 Å². The molecule has 0 saturated carbocycles. The number of hydrogen-bond acceptors (Lipinski definition) is 3. The molecule has 0 unspecified atom stereocenters. The highest BCUT2D eigenvalue weighted by Crippen LogP contribution is 2.23. The van der Waals surface area contributed by atoms with E-state index in [-0.39, 0.29) is 0 Å². The summed E-state index contributed by atoms with van der Waals surface area (Å²) < 4.78 is 5.31. The van der Waals surface area contributed by atoms with Gasteiger partial charge in [-0.05, 0) is 29.2 Å². The Morgan fingerprint density at radius 2 is 2.54 bits per heavy atom. The number of ether oxygens (including phenoxy) is 1. The number of aromatic nitrogens is 1. The maximum Gasteiger partial charge on any atom is 0.168 e. The fourth-order valence-corrected chi connectivity index (χ4v) is 0.824. The number of pyridine rings is 1. The van der Waals surface area contributed by atoms with Crippen molar-refractivity contribution < 1.29 is 4.74 Å². The molecular formula is C8H10N4O. The lowest BCUT2D eigenvalue weighted by atomic mass is 10.4. The molecule has 0 spiro atoms. The van der Waals surface area contributed by atoms with E-state index in [1.807, 2.05) is 6.92 Å². The summed E-state index contributed by atoms with van der Waals surface area (Å²) in [5, 5.41) is 3.40. The van der Waals surface area contributed by atoms with Crippen LogP contribution < -0.4 is 4.74 Å². The third-order valence-corrected chi connectivity index (χ3v) is 1.35. The molecule has 0 aliphatic rings. The summed E-state index contributed by atoms with van der Waals surface area (Å²) in [7, 11) is 0. The highest BCUT2D eigenvalue weighted by Gasteiger charge is 2.00. The van der Waals surface area contributed by atoms with Crippen molar-refractivity contribution in [2.24, 2.45) is 5.11 Å². The molecule has 0 saturated heterocycles. The Balaban J connectivity index is 2.84. The lowest BCUT2D eigenvalue weighted by Gasteiger charge is -2.04. The normalized spacial score (nSPS) is 9.00. The van der Waals surface area contributed by atoms with Gasteiger partial charge in [0.25, 0.3) is 0 Å². The first-order valence-electron chi connectivity index (χ1n) is 4.01. The first-order chi connectivity index (χ1) is 6.38. The standard InChI is InChI=1S/C8H10N4O/c1-2-6-13-7-4-3-5-10-8(7)11-12-9/h3-5H,2,6H2,1H3. The van der Waals surface area contributed by atoms with Gasteiger partial charge >= 0.3 is 0 Å². The van der Waals surface area contributed by atoms with E-state index < -0.39 is 0 Å². The summed E-state index contributed by atoms with van der Waals surface area (Å²) in [6, 6.07) is 3.47. The Morgan fingerprint density at radius 3 is 3.23 bits per heavy atom.